The first-order chi connectivity index (χ1) is 8.57. The molecule has 0 aromatic heterocycles. The van der Waals surface area contributed by atoms with Gasteiger partial charge in [-0.2, -0.15) is 8.42 Å². The van der Waals surface area contributed by atoms with Gasteiger partial charge in [0, 0.05) is 13.1 Å². The summed E-state index contributed by atoms with van der Waals surface area (Å²) in [5.74, 6) is 0.969. The van der Waals surface area contributed by atoms with Gasteiger partial charge in [-0.05, 0) is 38.5 Å². The molecule has 1 aliphatic carbocycles. The normalized spacial score (nSPS) is 30.1. The van der Waals surface area contributed by atoms with Crippen LogP contribution in [0.2, 0.25) is 0 Å². The SMILES string of the molecule is CC(C)(C)OC(=O)N1CC2C(COS(C)(=O)=O)[C@@H]2C1. The number of likely N-dealkylation sites (tertiary alicyclic amines) is 1. The molecule has 19 heavy (non-hydrogen) atoms. The lowest BCUT2D eigenvalue weighted by molar-refractivity contribution is 0.0261. The van der Waals surface area contributed by atoms with E-state index in [1.807, 2.05) is 20.8 Å². The van der Waals surface area contributed by atoms with Gasteiger partial charge in [-0.1, -0.05) is 0 Å². The Balaban J connectivity index is 1.76. The zero-order chi connectivity index (χ0) is 14.4. The first kappa shape index (κ1) is 14.6. The van der Waals surface area contributed by atoms with Crippen molar-refractivity contribution in [2.45, 2.75) is 26.4 Å². The third-order valence-electron chi connectivity index (χ3n) is 3.50. The zero-order valence-corrected chi connectivity index (χ0v) is 12.6. The predicted molar refractivity (Wildman–Crippen MR) is 69.1 cm³/mol. The maximum absolute atomic E-state index is 11.8. The monoisotopic (exact) mass is 291 g/mol. The number of piperidine rings is 1. The van der Waals surface area contributed by atoms with E-state index in [-0.39, 0.29) is 18.6 Å². The predicted octanol–water partition coefficient (Wildman–Crippen LogP) is 1.08. The second-order valence-corrected chi connectivity index (χ2v) is 8.01. The standard InChI is InChI=1S/C12H21NO5S/c1-12(2,3)18-11(14)13-5-8-9(6-13)10(8)7-17-19(4,15)16/h8-10H,5-7H2,1-4H3/t8-,9?,10?/m1/s1. The largest absolute Gasteiger partial charge is 0.444 e. The summed E-state index contributed by atoms with van der Waals surface area (Å²) in [6, 6.07) is 0. The van der Waals surface area contributed by atoms with Crippen molar-refractivity contribution in [1.29, 1.82) is 0 Å². The van der Waals surface area contributed by atoms with Crippen LogP contribution in [0.15, 0.2) is 0 Å². The highest BCUT2D eigenvalue weighted by atomic mass is 32.2. The van der Waals surface area contributed by atoms with Gasteiger partial charge in [-0.25, -0.2) is 4.79 Å². The number of fused-ring (bicyclic) bond motifs is 1. The van der Waals surface area contributed by atoms with E-state index in [4.69, 9.17) is 8.92 Å². The van der Waals surface area contributed by atoms with Crippen molar-refractivity contribution in [3.05, 3.63) is 0 Å². The molecule has 2 rings (SSSR count). The quantitative estimate of drug-likeness (QED) is 0.727. The van der Waals surface area contributed by atoms with Gasteiger partial charge in [0.05, 0.1) is 12.9 Å². The van der Waals surface area contributed by atoms with Gasteiger partial charge >= 0.3 is 6.09 Å². The fourth-order valence-corrected chi connectivity index (χ4v) is 2.98. The van der Waals surface area contributed by atoms with Gasteiger partial charge in [0.1, 0.15) is 5.60 Å². The summed E-state index contributed by atoms with van der Waals surface area (Å²) in [5.41, 5.74) is -0.483. The average Bonchev–Trinajstić information content (AvgIpc) is 2.65. The Hall–Kier alpha value is -0.820. The molecule has 0 radical (unpaired) electrons. The minimum absolute atomic E-state index is 0.232. The maximum Gasteiger partial charge on any atom is 0.410 e. The Morgan fingerprint density at radius 3 is 2.21 bits per heavy atom. The summed E-state index contributed by atoms with van der Waals surface area (Å²) in [7, 11) is -3.37. The van der Waals surface area contributed by atoms with E-state index in [0.29, 0.717) is 24.9 Å². The van der Waals surface area contributed by atoms with E-state index in [1.165, 1.54) is 0 Å². The van der Waals surface area contributed by atoms with Gasteiger partial charge in [0.15, 0.2) is 0 Å². The Labute approximate surface area is 114 Å². The van der Waals surface area contributed by atoms with Crippen molar-refractivity contribution in [3.63, 3.8) is 0 Å². The van der Waals surface area contributed by atoms with E-state index in [9.17, 15) is 13.2 Å². The first-order valence-corrected chi connectivity index (χ1v) is 8.21. The fraction of sp³-hybridized carbons (Fsp3) is 0.917. The molecule has 0 aromatic rings. The molecule has 0 aromatic carbocycles. The van der Waals surface area contributed by atoms with Crippen LogP contribution in [0.4, 0.5) is 4.79 Å². The van der Waals surface area contributed by atoms with E-state index in [0.717, 1.165) is 6.26 Å². The van der Waals surface area contributed by atoms with Crippen molar-refractivity contribution in [1.82, 2.24) is 4.90 Å². The Morgan fingerprint density at radius 1 is 1.26 bits per heavy atom. The minimum atomic E-state index is -3.37. The second kappa shape index (κ2) is 4.63. The minimum Gasteiger partial charge on any atom is -0.444 e. The highest BCUT2D eigenvalue weighted by molar-refractivity contribution is 7.85. The van der Waals surface area contributed by atoms with Crippen molar-refractivity contribution < 1.29 is 22.1 Å². The number of carbonyl (C=O) groups excluding carboxylic acids is 1. The molecule has 1 saturated carbocycles. The molecule has 1 amide bonds. The van der Waals surface area contributed by atoms with Gasteiger partial charge in [0.25, 0.3) is 10.1 Å². The fourth-order valence-electron chi connectivity index (χ4n) is 2.57. The van der Waals surface area contributed by atoms with Crippen LogP contribution in [0.1, 0.15) is 20.8 Å². The van der Waals surface area contributed by atoms with E-state index in [2.05, 4.69) is 0 Å². The molecule has 1 saturated heterocycles. The zero-order valence-electron chi connectivity index (χ0n) is 11.8. The summed E-state index contributed by atoms with van der Waals surface area (Å²) < 4.78 is 31.9. The third kappa shape index (κ3) is 3.82. The van der Waals surface area contributed by atoms with Crippen LogP contribution in [0, 0.1) is 17.8 Å². The van der Waals surface area contributed by atoms with Gasteiger partial charge in [-0.3, -0.25) is 4.18 Å². The van der Waals surface area contributed by atoms with E-state index >= 15 is 0 Å². The summed E-state index contributed by atoms with van der Waals surface area (Å²) in [4.78, 5) is 13.5. The lowest BCUT2D eigenvalue weighted by atomic mass is 10.2. The molecular weight excluding hydrogens is 270 g/mol. The number of ether oxygens (including phenoxy) is 1. The van der Waals surface area contributed by atoms with Gasteiger partial charge in [0.2, 0.25) is 0 Å². The van der Waals surface area contributed by atoms with E-state index < -0.39 is 15.7 Å². The molecule has 0 N–H and O–H groups in total. The average molecular weight is 291 g/mol. The highest BCUT2D eigenvalue weighted by Gasteiger charge is 2.57. The lowest BCUT2D eigenvalue weighted by Gasteiger charge is -2.25. The van der Waals surface area contributed by atoms with Crippen LogP contribution in [0.5, 0.6) is 0 Å². The molecule has 1 aliphatic heterocycles. The molecule has 2 fully saturated rings. The topological polar surface area (TPSA) is 72.9 Å². The molecule has 0 bridgehead atoms. The molecule has 2 aliphatic rings. The van der Waals surface area contributed by atoms with Gasteiger partial charge < -0.3 is 9.64 Å². The van der Waals surface area contributed by atoms with Crippen LogP contribution >= 0.6 is 0 Å². The molecule has 2 unspecified atom stereocenters. The van der Waals surface area contributed by atoms with Crippen LogP contribution in [0.25, 0.3) is 0 Å². The van der Waals surface area contributed by atoms with Crippen molar-refractivity contribution in [3.8, 4) is 0 Å². The summed E-state index contributed by atoms with van der Waals surface area (Å²) in [6.07, 6.45) is 0.764. The number of nitrogens with zero attached hydrogens (tertiary/aromatic N) is 1. The van der Waals surface area contributed by atoms with Crippen LogP contribution in [-0.2, 0) is 19.0 Å². The van der Waals surface area contributed by atoms with Crippen molar-refractivity contribution in [2.24, 2.45) is 17.8 Å². The molecule has 0 spiro atoms. The highest BCUT2D eigenvalue weighted by Crippen LogP contribution is 2.52. The first-order valence-electron chi connectivity index (χ1n) is 6.39. The Bertz CT molecular complexity index is 455. The molecule has 7 heteroatoms. The number of hydrogen-bond acceptors (Lipinski definition) is 5. The molecule has 1 heterocycles. The molecule has 3 atom stereocenters. The van der Waals surface area contributed by atoms with Crippen molar-refractivity contribution >= 4 is 16.2 Å². The number of carbonyl (C=O) groups is 1. The molecule has 6 nitrogen and oxygen atoms in total. The third-order valence-corrected chi connectivity index (χ3v) is 4.06. The Morgan fingerprint density at radius 2 is 1.79 bits per heavy atom. The second-order valence-electron chi connectivity index (χ2n) is 6.37. The maximum atomic E-state index is 11.8. The van der Waals surface area contributed by atoms with E-state index in [1.54, 1.807) is 4.90 Å². The number of hydrogen-bond donors (Lipinski definition) is 0. The number of rotatable bonds is 3. The van der Waals surface area contributed by atoms with Crippen molar-refractivity contribution in [2.75, 3.05) is 26.0 Å². The molecular formula is C12H21NO5S. The lowest BCUT2D eigenvalue weighted by Crippen LogP contribution is -2.37. The summed E-state index contributed by atoms with van der Waals surface area (Å²) in [5, 5.41) is 0. The number of amides is 1. The van der Waals surface area contributed by atoms with Gasteiger partial charge in [-0.15, -0.1) is 0 Å². The van der Waals surface area contributed by atoms with Crippen LogP contribution in [-0.4, -0.2) is 51.0 Å². The summed E-state index contributed by atoms with van der Waals surface area (Å²) >= 11 is 0. The smallest absolute Gasteiger partial charge is 0.410 e. The Kier molecular flexibility index (Phi) is 3.55. The van der Waals surface area contributed by atoms with Crippen LogP contribution < -0.4 is 0 Å². The summed E-state index contributed by atoms with van der Waals surface area (Å²) in [6.45, 7) is 7.02. The van der Waals surface area contributed by atoms with Crippen LogP contribution in [0.3, 0.4) is 0 Å². The molecule has 110 valence electrons.